The van der Waals surface area contributed by atoms with Gasteiger partial charge < -0.3 is 23.8 Å². The van der Waals surface area contributed by atoms with Crippen molar-refractivity contribution in [3.63, 3.8) is 0 Å². The first-order valence-electron chi connectivity index (χ1n) is 8.67. The maximum absolute atomic E-state index is 12.8. The summed E-state index contributed by atoms with van der Waals surface area (Å²) in [5, 5.41) is 0. The van der Waals surface area contributed by atoms with E-state index in [0.717, 1.165) is 29.9 Å². The molecule has 130 valence electrons. The van der Waals surface area contributed by atoms with Gasteiger partial charge in [0.1, 0.15) is 6.10 Å². The largest absolute Gasteiger partial charge is 0.454 e. The molecular formula is C18H23NO5. The van der Waals surface area contributed by atoms with Crippen LogP contribution in [0.5, 0.6) is 11.5 Å². The lowest BCUT2D eigenvalue weighted by molar-refractivity contribution is -0.150. The smallest absolute Gasteiger partial charge is 0.231 e. The molecule has 3 aliphatic rings. The molecule has 6 nitrogen and oxygen atoms in total. The van der Waals surface area contributed by atoms with Crippen molar-refractivity contribution in [2.45, 2.75) is 44.4 Å². The van der Waals surface area contributed by atoms with Gasteiger partial charge in [-0.25, -0.2) is 0 Å². The van der Waals surface area contributed by atoms with Crippen LogP contribution in [0.25, 0.3) is 0 Å². The minimum absolute atomic E-state index is 0.0133. The fourth-order valence-electron chi connectivity index (χ4n) is 3.94. The van der Waals surface area contributed by atoms with Gasteiger partial charge in [0.15, 0.2) is 11.5 Å². The fraction of sp³-hybridized carbons (Fsp3) is 0.611. The first-order valence-corrected chi connectivity index (χ1v) is 8.67. The normalized spacial score (nSPS) is 28.0. The quantitative estimate of drug-likeness (QED) is 0.840. The van der Waals surface area contributed by atoms with Gasteiger partial charge in [0.05, 0.1) is 25.2 Å². The van der Waals surface area contributed by atoms with Crippen LogP contribution in [0.15, 0.2) is 18.2 Å². The van der Waals surface area contributed by atoms with Crippen LogP contribution in [0, 0.1) is 0 Å². The highest BCUT2D eigenvalue weighted by Gasteiger charge is 2.44. The molecule has 0 spiro atoms. The van der Waals surface area contributed by atoms with Crippen molar-refractivity contribution in [1.82, 2.24) is 4.90 Å². The number of morpholine rings is 1. The third-order valence-corrected chi connectivity index (χ3v) is 5.03. The SMILES string of the molecule is CCO[C@H]1CC[C@H]2[C@@H]1OCCN2C(=O)Cc1ccc2c(c1)OCO2. The van der Waals surface area contributed by atoms with Crippen molar-refractivity contribution < 1.29 is 23.7 Å². The van der Waals surface area contributed by atoms with Gasteiger partial charge in [-0.3, -0.25) is 4.79 Å². The van der Waals surface area contributed by atoms with Gasteiger partial charge in [-0.15, -0.1) is 0 Å². The number of carbonyl (C=O) groups is 1. The highest BCUT2D eigenvalue weighted by Crippen LogP contribution is 2.34. The van der Waals surface area contributed by atoms with Crippen LogP contribution in [-0.2, 0) is 20.7 Å². The molecule has 2 heterocycles. The zero-order chi connectivity index (χ0) is 16.5. The average molecular weight is 333 g/mol. The predicted octanol–water partition coefficient (Wildman–Crippen LogP) is 1.75. The molecule has 6 heteroatoms. The molecule has 1 saturated carbocycles. The monoisotopic (exact) mass is 333 g/mol. The van der Waals surface area contributed by atoms with Gasteiger partial charge in [-0.05, 0) is 37.5 Å². The number of amides is 1. The number of fused-ring (bicyclic) bond motifs is 2. The Morgan fingerprint density at radius 3 is 3.04 bits per heavy atom. The van der Waals surface area contributed by atoms with E-state index in [9.17, 15) is 4.79 Å². The number of ether oxygens (including phenoxy) is 4. The van der Waals surface area contributed by atoms with Crippen LogP contribution in [0.4, 0.5) is 0 Å². The van der Waals surface area contributed by atoms with Crippen LogP contribution in [0.1, 0.15) is 25.3 Å². The van der Waals surface area contributed by atoms with E-state index >= 15 is 0 Å². The van der Waals surface area contributed by atoms with Crippen LogP contribution in [0.2, 0.25) is 0 Å². The topological polar surface area (TPSA) is 57.2 Å². The molecule has 3 atom stereocenters. The minimum Gasteiger partial charge on any atom is -0.454 e. The van der Waals surface area contributed by atoms with E-state index in [1.165, 1.54) is 0 Å². The van der Waals surface area contributed by atoms with Crippen molar-refractivity contribution in [2.24, 2.45) is 0 Å². The molecule has 0 N–H and O–H groups in total. The molecular weight excluding hydrogens is 310 g/mol. The summed E-state index contributed by atoms with van der Waals surface area (Å²) in [4.78, 5) is 14.8. The lowest BCUT2D eigenvalue weighted by atomic mass is 10.1. The Morgan fingerprint density at radius 2 is 2.17 bits per heavy atom. The van der Waals surface area contributed by atoms with Gasteiger partial charge in [-0.2, -0.15) is 0 Å². The Labute approximate surface area is 141 Å². The summed E-state index contributed by atoms with van der Waals surface area (Å²) in [5.74, 6) is 1.61. The van der Waals surface area contributed by atoms with Gasteiger partial charge in [-0.1, -0.05) is 6.07 Å². The second-order valence-corrected chi connectivity index (χ2v) is 6.43. The molecule has 4 rings (SSSR count). The van der Waals surface area contributed by atoms with Crippen LogP contribution < -0.4 is 9.47 Å². The number of nitrogens with zero attached hydrogens (tertiary/aromatic N) is 1. The van der Waals surface area contributed by atoms with E-state index < -0.39 is 0 Å². The molecule has 1 aromatic carbocycles. The van der Waals surface area contributed by atoms with Crippen molar-refractivity contribution >= 4 is 5.91 Å². The zero-order valence-corrected chi connectivity index (χ0v) is 13.9. The summed E-state index contributed by atoms with van der Waals surface area (Å²) in [6.45, 7) is 4.17. The molecule has 0 radical (unpaired) electrons. The number of benzene rings is 1. The maximum atomic E-state index is 12.8. The fourth-order valence-corrected chi connectivity index (χ4v) is 3.94. The summed E-state index contributed by atoms with van der Waals surface area (Å²) in [6, 6.07) is 5.83. The van der Waals surface area contributed by atoms with Crippen molar-refractivity contribution in [3.8, 4) is 11.5 Å². The molecule has 0 unspecified atom stereocenters. The van der Waals surface area contributed by atoms with Crippen molar-refractivity contribution in [1.29, 1.82) is 0 Å². The second-order valence-electron chi connectivity index (χ2n) is 6.43. The van der Waals surface area contributed by atoms with Crippen LogP contribution in [0.3, 0.4) is 0 Å². The summed E-state index contributed by atoms with van der Waals surface area (Å²) in [6.07, 6.45) is 2.40. The third kappa shape index (κ3) is 2.84. The molecule has 0 bridgehead atoms. The van der Waals surface area contributed by atoms with Gasteiger partial charge in [0.25, 0.3) is 0 Å². The first-order chi connectivity index (χ1) is 11.8. The third-order valence-electron chi connectivity index (χ3n) is 5.03. The summed E-state index contributed by atoms with van der Waals surface area (Å²) < 4.78 is 22.4. The number of rotatable bonds is 4. The second kappa shape index (κ2) is 6.61. The summed E-state index contributed by atoms with van der Waals surface area (Å²) >= 11 is 0. The molecule has 1 aliphatic carbocycles. The Hall–Kier alpha value is -1.79. The molecule has 24 heavy (non-hydrogen) atoms. The number of hydrogen-bond donors (Lipinski definition) is 0. The van der Waals surface area contributed by atoms with E-state index in [2.05, 4.69) is 0 Å². The lowest BCUT2D eigenvalue weighted by Gasteiger charge is -2.39. The first kappa shape index (κ1) is 15.7. The van der Waals surface area contributed by atoms with Crippen molar-refractivity contribution in [3.05, 3.63) is 23.8 Å². The predicted molar refractivity (Wildman–Crippen MR) is 86.2 cm³/mol. The summed E-state index contributed by atoms with van der Waals surface area (Å²) in [5.41, 5.74) is 0.951. The summed E-state index contributed by atoms with van der Waals surface area (Å²) in [7, 11) is 0. The van der Waals surface area contributed by atoms with Gasteiger partial charge in [0, 0.05) is 13.2 Å². The maximum Gasteiger partial charge on any atom is 0.231 e. The molecule has 1 saturated heterocycles. The van der Waals surface area contributed by atoms with Gasteiger partial charge in [0.2, 0.25) is 12.7 Å². The highest BCUT2D eigenvalue weighted by molar-refractivity contribution is 5.79. The van der Waals surface area contributed by atoms with Crippen molar-refractivity contribution in [2.75, 3.05) is 26.6 Å². The molecule has 2 aliphatic heterocycles. The van der Waals surface area contributed by atoms with Gasteiger partial charge >= 0.3 is 0 Å². The molecule has 1 aromatic rings. The van der Waals surface area contributed by atoms with E-state index in [1.807, 2.05) is 30.0 Å². The van der Waals surface area contributed by atoms with E-state index in [0.29, 0.717) is 26.2 Å². The molecule has 0 aromatic heterocycles. The zero-order valence-electron chi connectivity index (χ0n) is 13.9. The Bertz CT molecular complexity index is 619. The average Bonchev–Trinajstić information content (AvgIpc) is 3.21. The van der Waals surface area contributed by atoms with E-state index in [-0.39, 0.29) is 30.9 Å². The Morgan fingerprint density at radius 1 is 1.29 bits per heavy atom. The number of carbonyl (C=O) groups excluding carboxylic acids is 1. The van der Waals surface area contributed by atoms with E-state index in [1.54, 1.807) is 0 Å². The Balaban J connectivity index is 1.44. The standard InChI is InChI=1S/C18H23NO5/c1-2-21-15-6-4-13-18(15)22-8-7-19(13)17(20)10-12-3-5-14-16(9-12)24-11-23-14/h3,5,9,13,15,18H,2,4,6-8,10-11H2,1H3/t13-,15-,18-/m0/s1. The minimum atomic E-state index is 0.0133. The lowest BCUT2D eigenvalue weighted by Crippen LogP contribution is -2.54. The number of hydrogen-bond acceptors (Lipinski definition) is 5. The molecule has 1 amide bonds. The molecule has 2 fully saturated rings. The highest BCUT2D eigenvalue weighted by atomic mass is 16.7. The van der Waals surface area contributed by atoms with Crippen LogP contribution in [-0.4, -0.2) is 55.6 Å². The van der Waals surface area contributed by atoms with E-state index in [4.69, 9.17) is 18.9 Å². The Kier molecular flexibility index (Phi) is 4.33. The van der Waals surface area contributed by atoms with Crippen LogP contribution >= 0.6 is 0 Å².